The maximum atomic E-state index is 13.0. The van der Waals surface area contributed by atoms with Gasteiger partial charge in [-0.2, -0.15) is 4.31 Å². The highest BCUT2D eigenvalue weighted by Crippen LogP contribution is 2.26. The summed E-state index contributed by atoms with van der Waals surface area (Å²) in [6.07, 6.45) is 1.33. The maximum Gasteiger partial charge on any atom is 0.243 e. The van der Waals surface area contributed by atoms with Gasteiger partial charge in [-0.25, -0.2) is 8.42 Å². The molecule has 1 saturated heterocycles. The summed E-state index contributed by atoms with van der Waals surface area (Å²) >= 11 is 0. The molecule has 3 rings (SSSR count). The Morgan fingerprint density at radius 2 is 1.86 bits per heavy atom. The largest absolute Gasteiger partial charge is 0.497 e. The van der Waals surface area contributed by atoms with E-state index in [2.05, 4.69) is 5.32 Å². The van der Waals surface area contributed by atoms with Gasteiger partial charge in [0.05, 0.1) is 17.9 Å². The van der Waals surface area contributed by atoms with Crippen molar-refractivity contribution >= 4 is 21.6 Å². The lowest BCUT2D eigenvalue weighted by molar-refractivity contribution is -0.120. The van der Waals surface area contributed by atoms with Crippen LogP contribution in [0.25, 0.3) is 0 Å². The van der Waals surface area contributed by atoms with Gasteiger partial charge in [0.15, 0.2) is 0 Å². The highest BCUT2D eigenvalue weighted by Gasteiger charge is 2.33. The number of carbonyl (C=O) groups excluding carboxylic acids is 1. The highest BCUT2D eigenvalue weighted by molar-refractivity contribution is 7.89. The second kappa shape index (κ2) is 8.32. The minimum absolute atomic E-state index is 0.136. The number of sulfonamides is 1. The van der Waals surface area contributed by atoms with Gasteiger partial charge in [0.1, 0.15) is 5.75 Å². The summed E-state index contributed by atoms with van der Waals surface area (Å²) in [5.74, 6) is 0.0911. The summed E-state index contributed by atoms with van der Waals surface area (Å²) in [7, 11) is -2.11. The summed E-state index contributed by atoms with van der Waals surface area (Å²) in [5, 5.41) is 2.97. The van der Waals surface area contributed by atoms with E-state index < -0.39 is 10.0 Å². The molecule has 0 aliphatic carbocycles. The van der Waals surface area contributed by atoms with Crippen molar-refractivity contribution in [2.75, 3.05) is 25.5 Å². The van der Waals surface area contributed by atoms with Crippen LogP contribution in [0, 0.1) is 19.8 Å². The molecule has 0 spiro atoms. The zero-order chi connectivity index (χ0) is 20.3. The Morgan fingerprint density at radius 3 is 2.54 bits per heavy atom. The number of methoxy groups -OCH3 is 1. The average molecular weight is 403 g/mol. The number of nitrogens with one attached hydrogen (secondary N) is 1. The van der Waals surface area contributed by atoms with Crippen molar-refractivity contribution in [1.82, 2.24) is 4.31 Å². The van der Waals surface area contributed by atoms with Crippen molar-refractivity contribution in [3.8, 4) is 5.75 Å². The SMILES string of the molecule is COc1ccc(S(=O)(=O)N2CCC[C@@H](C(=O)Nc3cccc(C)c3C)C2)cc1. The molecule has 0 aromatic heterocycles. The minimum atomic E-state index is -3.64. The van der Waals surface area contributed by atoms with Gasteiger partial charge in [-0.05, 0) is 68.1 Å². The number of carbonyl (C=O) groups is 1. The van der Waals surface area contributed by atoms with E-state index in [0.29, 0.717) is 25.1 Å². The van der Waals surface area contributed by atoms with Crippen molar-refractivity contribution in [1.29, 1.82) is 0 Å². The van der Waals surface area contributed by atoms with Crippen LogP contribution in [0.4, 0.5) is 5.69 Å². The second-order valence-electron chi connectivity index (χ2n) is 7.11. The summed E-state index contributed by atoms with van der Waals surface area (Å²) in [6.45, 7) is 4.56. The van der Waals surface area contributed by atoms with E-state index in [1.165, 1.54) is 23.5 Å². The Bertz CT molecular complexity index is 955. The molecule has 1 aliphatic heterocycles. The Morgan fingerprint density at radius 1 is 1.14 bits per heavy atom. The fourth-order valence-corrected chi connectivity index (χ4v) is 4.92. The molecule has 1 N–H and O–H groups in total. The topological polar surface area (TPSA) is 75.7 Å². The molecule has 1 atom stereocenters. The maximum absolute atomic E-state index is 13.0. The first-order valence-corrected chi connectivity index (χ1v) is 10.8. The van der Waals surface area contributed by atoms with Crippen LogP contribution in [0.1, 0.15) is 24.0 Å². The number of hydrogen-bond acceptors (Lipinski definition) is 4. The van der Waals surface area contributed by atoms with E-state index in [0.717, 1.165) is 16.8 Å². The van der Waals surface area contributed by atoms with Crippen molar-refractivity contribution < 1.29 is 17.9 Å². The summed E-state index contributed by atoms with van der Waals surface area (Å²) in [6, 6.07) is 12.1. The van der Waals surface area contributed by atoms with Gasteiger partial charge in [0, 0.05) is 18.8 Å². The zero-order valence-corrected chi connectivity index (χ0v) is 17.3. The van der Waals surface area contributed by atoms with Crippen molar-refractivity contribution in [2.45, 2.75) is 31.6 Å². The third kappa shape index (κ3) is 4.20. The molecule has 1 amide bonds. The number of hydrogen-bond donors (Lipinski definition) is 1. The van der Waals surface area contributed by atoms with Crippen molar-refractivity contribution in [3.05, 3.63) is 53.6 Å². The number of anilines is 1. The molecule has 0 bridgehead atoms. The molecule has 2 aromatic rings. The minimum Gasteiger partial charge on any atom is -0.497 e. The quantitative estimate of drug-likeness (QED) is 0.832. The van der Waals surface area contributed by atoms with Crippen LogP contribution in [0.2, 0.25) is 0 Å². The average Bonchev–Trinajstić information content (AvgIpc) is 2.71. The Hall–Kier alpha value is -2.38. The molecule has 0 radical (unpaired) electrons. The predicted octanol–water partition coefficient (Wildman–Crippen LogP) is 3.35. The van der Waals surface area contributed by atoms with Crippen LogP contribution in [0.3, 0.4) is 0 Å². The molecule has 0 saturated carbocycles. The summed E-state index contributed by atoms with van der Waals surface area (Å²) < 4.78 is 32.4. The van der Waals surface area contributed by atoms with Crippen LogP contribution in [-0.2, 0) is 14.8 Å². The zero-order valence-electron chi connectivity index (χ0n) is 16.4. The van der Waals surface area contributed by atoms with Crippen LogP contribution in [0.15, 0.2) is 47.4 Å². The van der Waals surface area contributed by atoms with Crippen LogP contribution < -0.4 is 10.1 Å². The van der Waals surface area contributed by atoms with Crippen molar-refractivity contribution in [2.24, 2.45) is 5.92 Å². The predicted molar refractivity (Wildman–Crippen MR) is 109 cm³/mol. The Balaban J connectivity index is 1.73. The fraction of sp³-hybridized carbons (Fsp3) is 0.381. The smallest absolute Gasteiger partial charge is 0.243 e. The molecule has 1 fully saturated rings. The lowest BCUT2D eigenvalue weighted by atomic mass is 9.98. The first kappa shape index (κ1) is 20.4. The number of benzene rings is 2. The van der Waals surface area contributed by atoms with Gasteiger partial charge in [-0.15, -0.1) is 0 Å². The van der Waals surface area contributed by atoms with Gasteiger partial charge in [-0.3, -0.25) is 4.79 Å². The number of amides is 1. The van der Waals surface area contributed by atoms with E-state index in [1.807, 2.05) is 32.0 Å². The van der Waals surface area contributed by atoms with Crippen molar-refractivity contribution in [3.63, 3.8) is 0 Å². The molecule has 28 heavy (non-hydrogen) atoms. The number of ether oxygens (including phenoxy) is 1. The highest BCUT2D eigenvalue weighted by atomic mass is 32.2. The molecule has 150 valence electrons. The van der Waals surface area contributed by atoms with E-state index in [-0.39, 0.29) is 23.3 Å². The number of aryl methyl sites for hydroxylation is 1. The number of nitrogens with zero attached hydrogens (tertiary/aromatic N) is 1. The lowest BCUT2D eigenvalue weighted by Crippen LogP contribution is -2.43. The van der Waals surface area contributed by atoms with E-state index in [1.54, 1.807) is 12.1 Å². The van der Waals surface area contributed by atoms with Crippen LogP contribution >= 0.6 is 0 Å². The number of piperidine rings is 1. The third-order valence-corrected chi connectivity index (χ3v) is 7.19. The second-order valence-corrected chi connectivity index (χ2v) is 9.05. The summed E-state index contributed by atoms with van der Waals surface area (Å²) in [5.41, 5.74) is 2.90. The Labute approximate surface area is 166 Å². The summed E-state index contributed by atoms with van der Waals surface area (Å²) in [4.78, 5) is 13.0. The molecule has 2 aromatic carbocycles. The van der Waals surface area contributed by atoms with Gasteiger partial charge in [0.25, 0.3) is 0 Å². The fourth-order valence-electron chi connectivity index (χ4n) is 3.39. The van der Waals surface area contributed by atoms with E-state index in [9.17, 15) is 13.2 Å². The lowest BCUT2D eigenvalue weighted by Gasteiger charge is -2.31. The van der Waals surface area contributed by atoms with Gasteiger partial charge in [0.2, 0.25) is 15.9 Å². The van der Waals surface area contributed by atoms with E-state index in [4.69, 9.17) is 4.74 Å². The van der Waals surface area contributed by atoms with Crippen LogP contribution in [-0.4, -0.2) is 38.8 Å². The van der Waals surface area contributed by atoms with Crippen LogP contribution in [0.5, 0.6) is 5.75 Å². The molecule has 0 unspecified atom stereocenters. The molecule has 6 nitrogen and oxygen atoms in total. The standard InChI is InChI=1S/C21H26N2O4S/c1-15-6-4-8-20(16(15)2)22-21(24)17-7-5-13-23(14-17)28(25,26)19-11-9-18(27-3)10-12-19/h4,6,8-12,17H,5,7,13-14H2,1-3H3,(H,22,24)/t17-/m1/s1. The molecule has 1 heterocycles. The first-order valence-electron chi connectivity index (χ1n) is 9.34. The normalized spacial score (nSPS) is 17.9. The monoisotopic (exact) mass is 402 g/mol. The molecule has 7 heteroatoms. The van der Waals surface area contributed by atoms with Gasteiger partial charge >= 0.3 is 0 Å². The molecular formula is C21H26N2O4S. The third-order valence-electron chi connectivity index (χ3n) is 5.31. The Kier molecular flexibility index (Phi) is 6.05. The number of rotatable bonds is 5. The first-order chi connectivity index (χ1) is 13.3. The van der Waals surface area contributed by atoms with E-state index >= 15 is 0 Å². The van der Waals surface area contributed by atoms with Gasteiger partial charge in [-0.1, -0.05) is 12.1 Å². The molecule has 1 aliphatic rings. The molecular weight excluding hydrogens is 376 g/mol. The van der Waals surface area contributed by atoms with Gasteiger partial charge < -0.3 is 10.1 Å².